The maximum Gasteiger partial charge on any atom is 1.00 e. The minimum Gasteiger partial charge on any atom is -0.548 e. The van der Waals surface area contributed by atoms with Crippen LogP contribution in [0.25, 0.3) is 0 Å². The topological polar surface area (TPSA) is 66.2 Å². The Kier molecular flexibility index (Phi) is 6.41. The number of halogens is 1. The number of nitrogens with two attached hydrogens (primary N) is 1. The molecule has 0 amide bonds. The number of carbonyl (C=O) groups excluding carboxylic acids is 1. The fraction of sp³-hybridized carbons (Fsp3) is 0.125. The number of aliphatic carboxylic acids is 1. The number of hydrogen-bond acceptors (Lipinski definition) is 3. The zero-order valence-corrected chi connectivity index (χ0v) is 11.0. The van der Waals surface area contributed by atoms with Crippen LogP contribution in [0.5, 0.6) is 0 Å². The normalized spacial score (nSPS) is 11.5. The van der Waals surface area contributed by atoms with Gasteiger partial charge in [-0.05, 0) is 17.7 Å². The molecule has 0 saturated carbocycles. The van der Waals surface area contributed by atoms with E-state index in [0.29, 0.717) is 10.6 Å². The number of benzene rings is 1. The summed E-state index contributed by atoms with van der Waals surface area (Å²) < 4.78 is 0. The molecule has 0 radical (unpaired) electrons. The molecule has 0 bridgehead atoms. The van der Waals surface area contributed by atoms with E-state index in [9.17, 15) is 9.90 Å². The van der Waals surface area contributed by atoms with Gasteiger partial charge in [-0.1, -0.05) is 23.7 Å². The summed E-state index contributed by atoms with van der Waals surface area (Å²) in [6, 6.07) is 5.20. The van der Waals surface area contributed by atoms with Crippen molar-refractivity contribution in [2.24, 2.45) is 5.73 Å². The number of rotatable bonds is 2. The number of carbonyl (C=O) groups is 1. The predicted molar refractivity (Wildman–Crippen MR) is 43.4 cm³/mol. The van der Waals surface area contributed by atoms with Gasteiger partial charge in [0, 0.05) is 5.02 Å². The first-order chi connectivity index (χ1) is 5.61. The van der Waals surface area contributed by atoms with Crippen LogP contribution in [0.3, 0.4) is 0 Å². The van der Waals surface area contributed by atoms with E-state index in [4.69, 9.17) is 17.3 Å². The molecule has 0 aromatic heterocycles. The Bertz CT molecular complexity index is 289. The summed E-state index contributed by atoms with van der Waals surface area (Å²) in [5.74, 6) is -1.29. The van der Waals surface area contributed by atoms with Crippen molar-refractivity contribution in [2.45, 2.75) is 6.04 Å². The van der Waals surface area contributed by atoms with Gasteiger partial charge in [-0.2, -0.15) is 0 Å². The van der Waals surface area contributed by atoms with Gasteiger partial charge < -0.3 is 15.6 Å². The van der Waals surface area contributed by atoms with Crippen molar-refractivity contribution in [3.63, 3.8) is 0 Å². The van der Waals surface area contributed by atoms with Crippen LogP contribution in [-0.2, 0) is 4.79 Å². The standard InChI is InChI=1S/C8H8ClNO2.K/c9-6-3-1-5(2-4-6)7(10)8(11)12;/h1-4,7H,10H2,(H,11,12);/q;+1/p-1. The smallest absolute Gasteiger partial charge is 0.548 e. The van der Waals surface area contributed by atoms with Crippen LogP contribution in [0.4, 0.5) is 0 Å². The minimum absolute atomic E-state index is 0. The maximum absolute atomic E-state index is 10.3. The van der Waals surface area contributed by atoms with Gasteiger partial charge in [0.05, 0.1) is 12.0 Å². The predicted octanol–water partition coefficient (Wildman–Crippen LogP) is -2.91. The zero-order chi connectivity index (χ0) is 9.14. The van der Waals surface area contributed by atoms with Crippen molar-refractivity contribution < 1.29 is 61.3 Å². The Morgan fingerprint density at radius 1 is 1.38 bits per heavy atom. The first kappa shape index (κ1) is 13.6. The molecule has 5 heteroatoms. The van der Waals surface area contributed by atoms with Crippen molar-refractivity contribution in [3.8, 4) is 0 Å². The minimum atomic E-state index is -1.29. The Morgan fingerprint density at radius 3 is 2.23 bits per heavy atom. The van der Waals surface area contributed by atoms with Gasteiger partial charge in [0.1, 0.15) is 0 Å². The second-order valence-electron chi connectivity index (χ2n) is 2.35. The third-order valence-electron chi connectivity index (χ3n) is 1.48. The van der Waals surface area contributed by atoms with Crippen LogP contribution in [0, 0.1) is 0 Å². The second kappa shape index (κ2) is 6.13. The van der Waals surface area contributed by atoms with E-state index in [2.05, 4.69) is 0 Å². The van der Waals surface area contributed by atoms with Crippen molar-refractivity contribution in [1.29, 1.82) is 0 Å². The third kappa shape index (κ3) is 4.08. The Morgan fingerprint density at radius 2 is 1.85 bits per heavy atom. The molecule has 13 heavy (non-hydrogen) atoms. The average Bonchev–Trinajstić information content (AvgIpc) is 2.04. The van der Waals surface area contributed by atoms with Crippen LogP contribution in [0.2, 0.25) is 5.02 Å². The largest absolute Gasteiger partial charge is 1.00 e. The number of carboxylic acid groups (broad SMARTS) is 1. The molecule has 1 unspecified atom stereocenters. The van der Waals surface area contributed by atoms with E-state index in [1.165, 1.54) is 0 Å². The van der Waals surface area contributed by atoms with Gasteiger partial charge in [-0.15, -0.1) is 0 Å². The van der Waals surface area contributed by atoms with Crippen LogP contribution >= 0.6 is 11.6 Å². The summed E-state index contributed by atoms with van der Waals surface area (Å²) in [5.41, 5.74) is 5.77. The second-order valence-corrected chi connectivity index (χ2v) is 2.78. The molecule has 0 aliphatic carbocycles. The average molecular weight is 224 g/mol. The molecule has 0 spiro atoms. The van der Waals surface area contributed by atoms with Gasteiger partial charge in [-0.25, -0.2) is 0 Å². The van der Waals surface area contributed by atoms with Gasteiger partial charge in [-0.3, -0.25) is 0 Å². The quantitative estimate of drug-likeness (QED) is 0.547. The number of carboxylic acids is 1. The van der Waals surface area contributed by atoms with Crippen molar-refractivity contribution in [3.05, 3.63) is 34.9 Å². The molecule has 0 saturated heterocycles. The molecule has 2 N–H and O–H groups in total. The van der Waals surface area contributed by atoms with Crippen molar-refractivity contribution >= 4 is 17.6 Å². The molecule has 1 aromatic carbocycles. The van der Waals surface area contributed by atoms with Crippen molar-refractivity contribution in [2.75, 3.05) is 0 Å². The van der Waals surface area contributed by atoms with E-state index >= 15 is 0 Å². The molecule has 0 heterocycles. The van der Waals surface area contributed by atoms with Gasteiger partial charge in [0.25, 0.3) is 0 Å². The fourth-order valence-corrected chi connectivity index (χ4v) is 0.932. The van der Waals surface area contributed by atoms with Gasteiger partial charge in [0.15, 0.2) is 0 Å². The Balaban J connectivity index is 0.00000144. The summed E-state index contributed by atoms with van der Waals surface area (Å²) in [5, 5.41) is 10.9. The molecule has 0 aliphatic rings. The molecule has 0 fully saturated rings. The van der Waals surface area contributed by atoms with E-state index < -0.39 is 12.0 Å². The Labute approximate surface area is 124 Å². The summed E-state index contributed by atoms with van der Waals surface area (Å²) in [6.45, 7) is 0. The molecule has 3 nitrogen and oxygen atoms in total. The van der Waals surface area contributed by atoms with Crippen LogP contribution in [0.1, 0.15) is 11.6 Å². The van der Waals surface area contributed by atoms with Gasteiger partial charge >= 0.3 is 51.4 Å². The van der Waals surface area contributed by atoms with E-state index in [1.807, 2.05) is 0 Å². The number of hydrogen-bond donors (Lipinski definition) is 1. The summed E-state index contributed by atoms with van der Waals surface area (Å²) >= 11 is 5.59. The summed E-state index contributed by atoms with van der Waals surface area (Å²) in [6.07, 6.45) is 0. The SMILES string of the molecule is NC(C(=O)[O-])c1ccc(Cl)cc1.[K+]. The molecule has 64 valence electrons. The zero-order valence-electron chi connectivity index (χ0n) is 7.16. The third-order valence-corrected chi connectivity index (χ3v) is 1.74. The van der Waals surface area contributed by atoms with E-state index in [1.54, 1.807) is 24.3 Å². The maximum atomic E-state index is 10.3. The first-order valence-electron chi connectivity index (χ1n) is 3.33. The molecular formula is C8H7ClKNO2. The van der Waals surface area contributed by atoms with E-state index in [-0.39, 0.29) is 51.4 Å². The van der Waals surface area contributed by atoms with Crippen molar-refractivity contribution in [1.82, 2.24) is 0 Å². The summed E-state index contributed by atoms with van der Waals surface area (Å²) in [7, 11) is 0. The molecule has 1 rings (SSSR count). The van der Waals surface area contributed by atoms with Crippen LogP contribution < -0.4 is 62.2 Å². The van der Waals surface area contributed by atoms with E-state index in [0.717, 1.165) is 0 Å². The first-order valence-corrected chi connectivity index (χ1v) is 3.71. The molecule has 1 aromatic rings. The fourth-order valence-electron chi connectivity index (χ4n) is 0.806. The molecule has 0 aliphatic heterocycles. The molecular weight excluding hydrogens is 217 g/mol. The van der Waals surface area contributed by atoms with Crippen LogP contribution in [0.15, 0.2) is 24.3 Å². The summed E-state index contributed by atoms with van der Waals surface area (Å²) in [4.78, 5) is 10.3. The van der Waals surface area contributed by atoms with Crippen LogP contribution in [-0.4, -0.2) is 5.97 Å². The Hall–Kier alpha value is 0.576. The monoisotopic (exact) mass is 223 g/mol. The van der Waals surface area contributed by atoms with Gasteiger partial charge in [0.2, 0.25) is 0 Å². The molecule has 1 atom stereocenters.